The molecule has 26 heavy (non-hydrogen) atoms. The van der Waals surface area contributed by atoms with E-state index in [4.69, 9.17) is 0 Å². The van der Waals surface area contributed by atoms with Crippen molar-refractivity contribution in [3.8, 4) is 0 Å². The molecule has 0 aromatic heterocycles. The van der Waals surface area contributed by atoms with Crippen LogP contribution in [0.5, 0.6) is 0 Å². The van der Waals surface area contributed by atoms with Gasteiger partial charge < -0.3 is 15.5 Å². The van der Waals surface area contributed by atoms with Crippen LogP contribution in [0.3, 0.4) is 0 Å². The molecule has 2 N–H and O–H groups in total. The summed E-state index contributed by atoms with van der Waals surface area (Å²) in [6.45, 7) is 2.22. The first-order valence-corrected chi connectivity index (χ1v) is 9.51. The van der Waals surface area contributed by atoms with E-state index in [-0.39, 0.29) is 30.1 Å². The number of amides is 2. The van der Waals surface area contributed by atoms with Gasteiger partial charge in [0.1, 0.15) is 0 Å². The number of hydrogen-bond acceptors (Lipinski definition) is 3. The second-order valence-electron chi connectivity index (χ2n) is 7.25. The third-order valence-corrected chi connectivity index (χ3v) is 5.47. The largest absolute Gasteiger partial charge is 0.352 e. The highest BCUT2D eigenvalue weighted by Crippen LogP contribution is 2.24. The molecule has 1 heterocycles. The first kappa shape index (κ1) is 20.7. The average molecular weight is 380 g/mol. The van der Waals surface area contributed by atoms with E-state index in [0.29, 0.717) is 12.6 Å². The maximum atomic E-state index is 12.7. The van der Waals surface area contributed by atoms with E-state index in [1.807, 2.05) is 36.2 Å². The van der Waals surface area contributed by atoms with Crippen LogP contribution in [-0.2, 0) is 11.3 Å². The van der Waals surface area contributed by atoms with Crippen molar-refractivity contribution in [2.45, 2.75) is 51.1 Å². The molecule has 1 aromatic carbocycles. The summed E-state index contributed by atoms with van der Waals surface area (Å²) < 4.78 is 0. The summed E-state index contributed by atoms with van der Waals surface area (Å²) in [6, 6.07) is 7.96. The van der Waals surface area contributed by atoms with Crippen LogP contribution in [0.4, 0.5) is 0 Å². The minimum Gasteiger partial charge on any atom is -0.352 e. The third-order valence-electron chi connectivity index (χ3n) is 5.47. The molecule has 1 saturated heterocycles. The van der Waals surface area contributed by atoms with E-state index in [2.05, 4.69) is 10.6 Å². The number of benzene rings is 1. The molecule has 2 amide bonds. The Morgan fingerprint density at radius 3 is 2.42 bits per heavy atom. The summed E-state index contributed by atoms with van der Waals surface area (Å²) in [5.41, 5.74) is 1.77. The molecule has 3 rings (SSSR count). The number of hydrogen-bond donors (Lipinski definition) is 2. The van der Waals surface area contributed by atoms with Crippen molar-refractivity contribution in [2.24, 2.45) is 5.92 Å². The zero-order valence-electron chi connectivity index (χ0n) is 15.5. The highest BCUT2D eigenvalue weighted by Gasteiger charge is 2.28. The van der Waals surface area contributed by atoms with Gasteiger partial charge in [0.2, 0.25) is 5.91 Å². The minimum absolute atomic E-state index is 0. The molecular formula is C20H30ClN3O2. The highest BCUT2D eigenvalue weighted by atomic mass is 35.5. The van der Waals surface area contributed by atoms with Crippen LogP contribution in [-0.4, -0.2) is 42.9 Å². The van der Waals surface area contributed by atoms with E-state index < -0.39 is 0 Å². The van der Waals surface area contributed by atoms with E-state index in [0.717, 1.165) is 49.9 Å². The topological polar surface area (TPSA) is 61.4 Å². The fraction of sp³-hybridized carbons (Fsp3) is 0.600. The lowest BCUT2D eigenvalue weighted by Crippen LogP contribution is -2.40. The average Bonchev–Trinajstić information content (AvgIpc) is 3.32. The van der Waals surface area contributed by atoms with Crippen molar-refractivity contribution < 1.29 is 9.59 Å². The lowest BCUT2D eigenvalue weighted by atomic mass is 10.1. The summed E-state index contributed by atoms with van der Waals surface area (Å²) in [4.78, 5) is 26.8. The molecule has 0 bridgehead atoms. The Balaban J connectivity index is 0.00000243. The molecule has 1 aromatic rings. The van der Waals surface area contributed by atoms with Gasteiger partial charge in [0, 0.05) is 37.2 Å². The number of halogens is 1. The van der Waals surface area contributed by atoms with Gasteiger partial charge in [-0.05, 0) is 50.4 Å². The van der Waals surface area contributed by atoms with Gasteiger partial charge in [0.15, 0.2) is 0 Å². The van der Waals surface area contributed by atoms with Crippen molar-refractivity contribution >= 4 is 24.2 Å². The fourth-order valence-corrected chi connectivity index (χ4v) is 4.00. The summed E-state index contributed by atoms with van der Waals surface area (Å²) in [7, 11) is 1.93. The Morgan fingerprint density at radius 2 is 1.77 bits per heavy atom. The van der Waals surface area contributed by atoms with Gasteiger partial charge in [-0.25, -0.2) is 0 Å². The Labute approximate surface area is 162 Å². The van der Waals surface area contributed by atoms with Crippen LogP contribution >= 0.6 is 12.4 Å². The number of carbonyl (C=O) groups is 2. The van der Waals surface area contributed by atoms with E-state index in [1.54, 1.807) is 0 Å². The first-order chi connectivity index (χ1) is 12.2. The van der Waals surface area contributed by atoms with E-state index in [9.17, 15) is 9.59 Å². The Bertz CT molecular complexity index is 600. The molecule has 144 valence electrons. The molecule has 1 aliphatic heterocycles. The molecule has 5 nitrogen and oxygen atoms in total. The number of likely N-dealkylation sites (N-methyl/N-ethyl adjacent to an activating group) is 1. The molecule has 2 fully saturated rings. The maximum Gasteiger partial charge on any atom is 0.254 e. The number of nitrogens with one attached hydrogen (secondary N) is 2. The zero-order chi connectivity index (χ0) is 17.6. The fourth-order valence-electron chi connectivity index (χ4n) is 4.00. The molecule has 6 heteroatoms. The van der Waals surface area contributed by atoms with Crippen LogP contribution in [0.1, 0.15) is 54.4 Å². The lowest BCUT2D eigenvalue weighted by molar-refractivity contribution is -0.124. The summed E-state index contributed by atoms with van der Waals surface area (Å²) in [6.07, 6.45) is 6.51. The summed E-state index contributed by atoms with van der Waals surface area (Å²) >= 11 is 0. The van der Waals surface area contributed by atoms with Crippen molar-refractivity contribution in [1.29, 1.82) is 0 Å². The van der Waals surface area contributed by atoms with Crippen molar-refractivity contribution in [1.82, 2.24) is 15.5 Å². The first-order valence-electron chi connectivity index (χ1n) is 9.51. The summed E-state index contributed by atoms with van der Waals surface area (Å²) in [5, 5.41) is 6.20. The van der Waals surface area contributed by atoms with Gasteiger partial charge in [-0.2, -0.15) is 0 Å². The van der Waals surface area contributed by atoms with Crippen LogP contribution in [0.15, 0.2) is 24.3 Å². The van der Waals surface area contributed by atoms with E-state index in [1.165, 1.54) is 12.8 Å². The molecule has 0 spiro atoms. The van der Waals surface area contributed by atoms with Gasteiger partial charge >= 0.3 is 0 Å². The molecule has 0 radical (unpaired) electrons. The standard InChI is InChI=1S/C20H29N3O2.ClH/c1-21-14-18-7-4-12-23(18)20(25)17-10-8-15(9-11-17)13-22-19(24)16-5-2-3-6-16;/h8-11,16,18,21H,2-7,12-14H2,1H3,(H,22,24);1H. The van der Waals surface area contributed by atoms with Gasteiger partial charge in [-0.1, -0.05) is 25.0 Å². The Morgan fingerprint density at radius 1 is 1.08 bits per heavy atom. The molecule has 1 saturated carbocycles. The number of nitrogens with zero attached hydrogens (tertiary/aromatic N) is 1. The second kappa shape index (κ2) is 9.93. The van der Waals surface area contributed by atoms with Crippen LogP contribution in [0.25, 0.3) is 0 Å². The van der Waals surface area contributed by atoms with Gasteiger partial charge in [-0.15, -0.1) is 12.4 Å². The van der Waals surface area contributed by atoms with Crippen LogP contribution in [0.2, 0.25) is 0 Å². The molecule has 1 atom stereocenters. The van der Waals surface area contributed by atoms with Gasteiger partial charge in [-0.3, -0.25) is 9.59 Å². The van der Waals surface area contributed by atoms with Gasteiger partial charge in [0.25, 0.3) is 5.91 Å². The van der Waals surface area contributed by atoms with Crippen molar-refractivity contribution in [3.63, 3.8) is 0 Å². The number of rotatable bonds is 6. The van der Waals surface area contributed by atoms with E-state index >= 15 is 0 Å². The lowest BCUT2D eigenvalue weighted by Gasteiger charge is -2.24. The Hall–Kier alpha value is -1.59. The van der Waals surface area contributed by atoms with Crippen molar-refractivity contribution in [2.75, 3.05) is 20.1 Å². The molecular weight excluding hydrogens is 350 g/mol. The monoisotopic (exact) mass is 379 g/mol. The van der Waals surface area contributed by atoms with Gasteiger partial charge in [0.05, 0.1) is 0 Å². The molecule has 2 aliphatic rings. The highest BCUT2D eigenvalue weighted by molar-refractivity contribution is 5.94. The van der Waals surface area contributed by atoms with Crippen LogP contribution in [0, 0.1) is 5.92 Å². The SMILES string of the molecule is CNCC1CCCN1C(=O)c1ccc(CNC(=O)C2CCCC2)cc1.Cl. The number of carbonyl (C=O) groups excluding carboxylic acids is 2. The quantitative estimate of drug-likeness (QED) is 0.798. The smallest absolute Gasteiger partial charge is 0.254 e. The normalized spacial score (nSPS) is 20.0. The second-order valence-corrected chi connectivity index (χ2v) is 7.25. The predicted octanol–water partition coefficient (Wildman–Crippen LogP) is 2.74. The molecule has 1 aliphatic carbocycles. The Kier molecular flexibility index (Phi) is 7.91. The minimum atomic E-state index is 0. The molecule has 1 unspecified atom stereocenters. The zero-order valence-corrected chi connectivity index (χ0v) is 16.3. The third kappa shape index (κ3) is 4.98. The summed E-state index contributed by atoms with van der Waals surface area (Å²) in [5.74, 6) is 0.476. The predicted molar refractivity (Wildman–Crippen MR) is 105 cm³/mol. The maximum absolute atomic E-state index is 12.7. The van der Waals surface area contributed by atoms with Crippen LogP contribution < -0.4 is 10.6 Å². The number of likely N-dealkylation sites (tertiary alicyclic amines) is 1. The van der Waals surface area contributed by atoms with Crippen molar-refractivity contribution in [3.05, 3.63) is 35.4 Å².